The Kier molecular flexibility index (Phi) is 5.84. The molecule has 1 amide bonds. The Morgan fingerprint density at radius 2 is 1.44 bits per heavy atom. The van der Waals surface area contributed by atoms with Crippen LogP contribution in [0.4, 0.5) is 0 Å². The van der Waals surface area contributed by atoms with E-state index in [9.17, 15) is 4.79 Å². The van der Waals surface area contributed by atoms with Crippen LogP contribution in [0.15, 0.2) is 60.7 Å². The molecule has 1 saturated heterocycles. The Hall–Kier alpha value is -2.17. The molecule has 1 N–H and O–H groups in total. The lowest BCUT2D eigenvalue weighted by Gasteiger charge is -2.37. The largest absolute Gasteiger partial charge is 0.364 e. The highest BCUT2D eigenvalue weighted by atomic mass is 16.5. The van der Waals surface area contributed by atoms with Crippen molar-refractivity contribution in [3.05, 3.63) is 71.8 Å². The molecule has 1 heterocycles. The van der Waals surface area contributed by atoms with Crippen molar-refractivity contribution in [3.8, 4) is 0 Å². The number of rotatable bonds is 6. The maximum absolute atomic E-state index is 12.0. The summed E-state index contributed by atoms with van der Waals surface area (Å²) in [6, 6.07) is 20.9. The zero-order valence-corrected chi connectivity index (χ0v) is 14.9. The summed E-state index contributed by atoms with van der Waals surface area (Å²) in [4.78, 5) is 14.4. The van der Waals surface area contributed by atoms with Gasteiger partial charge in [0.1, 0.15) is 6.10 Å². The number of morpholine rings is 1. The van der Waals surface area contributed by atoms with Crippen LogP contribution in [-0.4, -0.2) is 35.6 Å². The zero-order chi connectivity index (χ0) is 17.6. The smallest absolute Gasteiger partial charge is 0.249 e. The van der Waals surface area contributed by atoms with Crippen molar-refractivity contribution in [2.24, 2.45) is 0 Å². The number of ether oxygens (including phenoxy) is 1. The van der Waals surface area contributed by atoms with Crippen LogP contribution >= 0.6 is 0 Å². The fourth-order valence-corrected chi connectivity index (χ4v) is 3.24. The molecular weight excluding hydrogens is 312 g/mol. The summed E-state index contributed by atoms with van der Waals surface area (Å²) in [6.07, 6.45) is -0.371. The Labute approximate surface area is 149 Å². The summed E-state index contributed by atoms with van der Waals surface area (Å²) in [5, 5.41) is 3.11. The third-order valence-corrected chi connectivity index (χ3v) is 4.64. The minimum absolute atomic E-state index is 0.00162. The van der Waals surface area contributed by atoms with E-state index < -0.39 is 0 Å². The molecule has 3 rings (SSSR count). The molecule has 0 radical (unpaired) electrons. The maximum Gasteiger partial charge on any atom is 0.249 e. The Bertz CT molecular complexity index is 633. The van der Waals surface area contributed by atoms with Gasteiger partial charge in [0.25, 0.3) is 0 Å². The van der Waals surface area contributed by atoms with Crippen LogP contribution in [0, 0.1) is 0 Å². The molecule has 25 heavy (non-hydrogen) atoms. The Morgan fingerprint density at radius 3 is 1.96 bits per heavy atom. The molecule has 0 unspecified atom stereocenters. The highest BCUT2D eigenvalue weighted by Crippen LogP contribution is 2.15. The summed E-state index contributed by atoms with van der Waals surface area (Å²) in [5.74, 6) is -0.0255. The van der Waals surface area contributed by atoms with Gasteiger partial charge >= 0.3 is 0 Å². The molecule has 1 fully saturated rings. The summed E-state index contributed by atoms with van der Waals surface area (Å²) in [6.45, 7) is 6.26. The third-order valence-electron chi connectivity index (χ3n) is 4.64. The maximum atomic E-state index is 12.0. The summed E-state index contributed by atoms with van der Waals surface area (Å²) < 4.78 is 5.77. The van der Waals surface area contributed by atoms with Gasteiger partial charge in [-0.15, -0.1) is 0 Å². The number of amides is 1. The molecule has 4 nitrogen and oxygen atoms in total. The first kappa shape index (κ1) is 17.6. The van der Waals surface area contributed by atoms with Crippen LogP contribution in [0.5, 0.6) is 0 Å². The normalized spacial score (nSPS) is 23.5. The van der Waals surface area contributed by atoms with Gasteiger partial charge in [-0.1, -0.05) is 60.7 Å². The van der Waals surface area contributed by atoms with Crippen LogP contribution < -0.4 is 5.32 Å². The van der Waals surface area contributed by atoms with Gasteiger partial charge < -0.3 is 10.1 Å². The molecule has 0 saturated carbocycles. The molecule has 2 aromatic carbocycles. The summed E-state index contributed by atoms with van der Waals surface area (Å²) >= 11 is 0. The number of nitrogens with zero attached hydrogens (tertiary/aromatic N) is 1. The van der Waals surface area contributed by atoms with Crippen LogP contribution in [0.2, 0.25) is 0 Å². The van der Waals surface area contributed by atoms with E-state index in [0.717, 1.165) is 19.6 Å². The average molecular weight is 338 g/mol. The predicted octanol–water partition coefficient (Wildman–Crippen LogP) is 2.98. The van der Waals surface area contributed by atoms with E-state index >= 15 is 0 Å². The predicted molar refractivity (Wildman–Crippen MR) is 98.9 cm³/mol. The van der Waals surface area contributed by atoms with Crippen LogP contribution in [0.3, 0.4) is 0 Å². The second-order valence-electron chi connectivity index (χ2n) is 6.74. The van der Waals surface area contributed by atoms with Crippen molar-refractivity contribution in [3.63, 3.8) is 0 Å². The van der Waals surface area contributed by atoms with Crippen molar-refractivity contribution in [1.29, 1.82) is 0 Å². The van der Waals surface area contributed by atoms with E-state index in [1.54, 1.807) is 6.92 Å². The number of carbonyl (C=O) groups excluding carboxylic acids is 1. The second kappa shape index (κ2) is 8.28. The van der Waals surface area contributed by atoms with Crippen molar-refractivity contribution in [2.75, 3.05) is 6.54 Å². The second-order valence-corrected chi connectivity index (χ2v) is 6.74. The minimum Gasteiger partial charge on any atom is -0.364 e. The summed E-state index contributed by atoms with van der Waals surface area (Å²) in [5.41, 5.74) is 2.53. The van der Waals surface area contributed by atoms with Gasteiger partial charge in [0, 0.05) is 19.6 Å². The van der Waals surface area contributed by atoms with Crippen molar-refractivity contribution < 1.29 is 9.53 Å². The molecule has 3 atom stereocenters. The lowest BCUT2D eigenvalue weighted by atomic mass is 10.1. The van der Waals surface area contributed by atoms with Crippen LogP contribution in [0.25, 0.3) is 0 Å². The first-order valence-electron chi connectivity index (χ1n) is 8.88. The molecule has 2 aromatic rings. The summed E-state index contributed by atoms with van der Waals surface area (Å²) in [7, 11) is 0. The molecule has 0 aliphatic carbocycles. The third kappa shape index (κ3) is 4.91. The Morgan fingerprint density at radius 1 is 0.920 bits per heavy atom. The molecule has 0 aromatic heterocycles. The first-order chi connectivity index (χ1) is 12.1. The standard InChI is InChI=1S/C21H26N2O2/c1-16-20(22-21(24)17(2)25-16)15-23(13-18-9-5-3-6-10-18)14-19-11-7-4-8-12-19/h3-12,16-17,20H,13-15H2,1-2H3,(H,22,24)/t16-,17+,20+/m0/s1. The molecule has 0 spiro atoms. The fraction of sp³-hybridized carbons (Fsp3) is 0.381. The van der Waals surface area contributed by atoms with Crippen LogP contribution in [-0.2, 0) is 22.6 Å². The number of carbonyl (C=O) groups is 1. The molecule has 132 valence electrons. The molecule has 1 aliphatic heterocycles. The molecular formula is C21H26N2O2. The topological polar surface area (TPSA) is 41.6 Å². The van der Waals surface area contributed by atoms with E-state index in [-0.39, 0.29) is 24.2 Å². The van der Waals surface area contributed by atoms with E-state index in [2.05, 4.69) is 58.7 Å². The molecule has 0 bridgehead atoms. The van der Waals surface area contributed by atoms with Crippen molar-refractivity contribution in [2.45, 2.75) is 45.2 Å². The fourth-order valence-electron chi connectivity index (χ4n) is 3.24. The zero-order valence-electron chi connectivity index (χ0n) is 14.9. The van der Waals surface area contributed by atoms with Crippen molar-refractivity contribution >= 4 is 5.91 Å². The number of nitrogens with one attached hydrogen (secondary N) is 1. The SMILES string of the molecule is C[C@@H]1O[C@H](C)C(=O)N[C@@H]1CN(Cc1ccccc1)Cc1ccccc1. The van der Waals surface area contributed by atoms with E-state index in [0.29, 0.717) is 0 Å². The monoisotopic (exact) mass is 338 g/mol. The van der Waals surface area contributed by atoms with E-state index in [4.69, 9.17) is 4.74 Å². The van der Waals surface area contributed by atoms with E-state index in [1.165, 1.54) is 11.1 Å². The van der Waals surface area contributed by atoms with Gasteiger partial charge in [0.05, 0.1) is 12.1 Å². The van der Waals surface area contributed by atoms with Gasteiger partial charge in [-0.25, -0.2) is 0 Å². The van der Waals surface area contributed by atoms with Crippen LogP contribution in [0.1, 0.15) is 25.0 Å². The van der Waals surface area contributed by atoms with E-state index in [1.807, 2.05) is 19.1 Å². The van der Waals surface area contributed by atoms with Gasteiger partial charge in [0.2, 0.25) is 5.91 Å². The van der Waals surface area contributed by atoms with Gasteiger partial charge in [0.15, 0.2) is 0 Å². The lowest BCUT2D eigenvalue weighted by molar-refractivity contribution is -0.146. The van der Waals surface area contributed by atoms with Gasteiger partial charge in [-0.3, -0.25) is 9.69 Å². The first-order valence-corrected chi connectivity index (χ1v) is 8.88. The van der Waals surface area contributed by atoms with Gasteiger partial charge in [-0.05, 0) is 25.0 Å². The lowest BCUT2D eigenvalue weighted by Crippen LogP contribution is -2.58. The number of benzene rings is 2. The molecule has 4 heteroatoms. The number of hydrogen-bond acceptors (Lipinski definition) is 3. The minimum atomic E-state index is -0.372. The number of hydrogen-bond donors (Lipinski definition) is 1. The average Bonchev–Trinajstić information content (AvgIpc) is 2.61. The molecule has 1 aliphatic rings. The quantitative estimate of drug-likeness (QED) is 0.880. The van der Waals surface area contributed by atoms with Gasteiger partial charge in [-0.2, -0.15) is 0 Å². The highest BCUT2D eigenvalue weighted by Gasteiger charge is 2.32. The van der Waals surface area contributed by atoms with Crippen molar-refractivity contribution in [1.82, 2.24) is 10.2 Å². The highest BCUT2D eigenvalue weighted by molar-refractivity contribution is 5.81. The Balaban J connectivity index is 1.72.